The van der Waals surface area contributed by atoms with Crippen LogP contribution >= 0.6 is 0 Å². The average molecular weight is 500 g/mol. The maximum absolute atomic E-state index is 9.51. The summed E-state index contributed by atoms with van der Waals surface area (Å²) in [6.45, 7) is 10.2. The van der Waals surface area contributed by atoms with E-state index in [9.17, 15) is 5.11 Å². The molecular formula is C31H65NO3. The minimum Gasteiger partial charge on any atom is -0.392 e. The summed E-state index contributed by atoms with van der Waals surface area (Å²) >= 11 is 0. The van der Waals surface area contributed by atoms with E-state index >= 15 is 0 Å². The zero-order valence-corrected chi connectivity index (χ0v) is 24.5. The molecule has 35 heavy (non-hydrogen) atoms. The SMILES string of the molecule is CCCCCCCCC(CCCCCCCC)OOCC(C)(C)CCCCCCCCC(O)CN. The Morgan fingerprint density at radius 1 is 0.629 bits per heavy atom. The molecule has 0 aliphatic carbocycles. The van der Waals surface area contributed by atoms with Gasteiger partial charge in [0.1, 0.15) is 0 Å². The fourth-order valence-corrected chi connectivity index (χ4v) is 4.72. The van der Waals surface area contributed by atoms with E-state index in [4.69, 9.17) is 15.5 Å². The lowest BCUT2D eigenvalue weighted by molar-refractivity contribution is -0.338. The van der Waals surface area contributed by atoms with Gasteiger partial charge in [-0.1, -0.05) is 143 Å². The molecule has 0 heterocycles. The summed E-state index contributed by atoms with van der Waals surface area (Å²) in [6.07, 6.45) is 27.7. The summed E-state index contributed by atoms with van der Waals surface area (Å²) < 4.78 is 0. The van der Waals surface area contributed by atoms with E-state index in [1.165, 1.54) is 116 Å². The molecule has 0 radical (unpaired) electrons. The van der Waals surface area contributed by atoms with Crippen LogP contribution in [0, 0.1) is 5.41 Å². The molecule has 0 bridgehead atoms. The van der Waals surface area contributed by atoms with Crippen molar-refractivity contribution in [2.24, 2.45) is 11.1 Å². The summed E-state index contributed by atoms with van der Waals surface area (Å²) in [5.74, 6) is 0. The molecule has 0 aromatic heterocycles. The van der Waals surface area contributed by atoms with E-state index in [-0.39, 0.29) is 17.6 Å². The average Bonchev–Trinajstić information content (AvgIpc) is 2.84. The highest BCUT2D eigenvalue weighted by atomic mass is 17.2. The first-order valence-electron chi connectivity index (χ1n) is 15.6. The number of unbranched alkanes of at least 4 members (excludes halogenated alkanes) is 15. The molecule has 4 nitrogen and oxygen atoms in total. The van der Waals surface area contributed by atoms with Gasteiger partial charge in [-0.3, -0.25) is 0 Å². The molecule has 0 aliphatic heterocycles. The van der Waals surface area contributed by atoms with Crippen LogP contribution in [0.4, 0.5) is 0 Å². The van der Waals surface area contributed by atoms with E-state index in [0.717, 1.165) is 25.7 Å². The first-order chi connectivity index (χ1) is 16.9. The lowest BCUT2D eigenvalue weighted by Crippen LogP contribution is -2.22. The molecule has 0 saturated carbocycles. The van der Waals surface area contributed by atoms with Crippen LogP contribution in [-0.4, -0.2) is 30.5 Å². The molecule has 1 atom stereocenters. The molecule has 4 heteroatoms. The molecule has 0 spiro atoms. The Kier molecular flexibility index (Phi) is 25.4. The highest BCUT2D eigenvalue weighted by molar-refractivity contribution is 4.67. The van der Waals surface area contributed by atoms with Gasteiger partial charge in [-0.2, -0.15) is 0 Å². The van der Waals surface area contributed by atoms with Crippen LogP contribution in [0.1, 0.15) is 169 Å². The van der Waals surface area contributed by atoms with Crippen molar-refractivity contribution in [1.29, 1.82) is 0 Å². The quantitative estimate of drug-likeness (QED) is 0.0639. The van der Waals surface area contributed by atoms with E-state index < -0.39 is 0 Å². The van der Waals surface area contributed by atoms with Crippen molar-refractivity contribution in [2.75, 3.05) is 13.2 Å². The molecular weight excluding hydrogens is 434 g/mol. The Balaban J connectivity index is 4.04. The minimum absolute atomic E-state index is 0.163. The smallest absolute Gasteiger partial charge is 0.0930 e. The minimum atomic E-state index is -0.311. The molecule has 0 rings (SSSR count). The van der Waals surface area contributed by atoms with Crippen LogP contribution in [-0.2, 0) is 9.78 Å². The van der Waals surface area contributed by atoms with Crippen LogP contribution in [0.25, 0.3) is 0 Å². The van der Waals surface area contributed by atoms with Crippen LogP contribution in [0.15, 0.2) is 0 Å². The number of aliphatic hydroxyl groups excluding tert-OH is 1. The van der Waals surface area contributed by atoms with E-state index in [1.54, 1.807) is 0 Å². The fourth-order valence-electron chi connectivity index (χ4n) is 4.72. The summed E-state index contributed by atoms with van der Waals surface area (Å²) in [7, 11) is 0. The third-order valence-corrected chi connectivity index (χ3v) is 7.33. The van der Waals surface area contributed by atoms with Crippen molar-refractivity contribution < 1.29 is 14.9 Å². The number of hydrogen-bond acceptors (Lipinski definition) is 4. The van der Waals surface area contributed by atoms with Crippen molar-refractivity contribution in [3.05, 3.63) is 0 Å². The second kappa shape index (κ2) is 25.5. The maximum Gasteiger partial charge on any atom is 0.0930 e. The number of rotatable bonds is 28. The fraction of sp³-hybridized carbons (Fsp3) is 1.00. The van der Waals surface area contributed by atoms with Gasteiger partial charge < -0.3 is 10.8 Å². The standard InChI is InChI=1S/C31H65NO3/c1-5-7-9-11-16-20-24-30(25-21-17-12-10-8-6-2)35-34-28-31(3,4)26-22-18-14-13-15-19-23-29(33)27-32/h29-30,33H,5-28,32H2,1-4H3. The predicted octanol–water partition coefficient (Wildman–Crippen LogP) is 9.27. The summed E-state index contributed by atoms with van der Waals surface area (Å²) in [5, 5.41) is 9.51. The maximum atomic E-state index is 9.51. The highest BCUT2D eigenvalue weighted by Crippen LogP contribution is 2.26. The third-order valence-electron chi connectivity index (χ3n) is 7.33. The number of hydrogen-bond donors (Lipinski definition) is 2. The molecule has 212 valence electrons. The van der Waals surface area contributed by atoms with Gasteiger partial charge in [0.2, 0.25) is 0 Å². The Hall–Kier alpha value is -0.160. The monoisotopic (exact) mass is 499 g/mol. The van der Waals surface area contributed by atoms with Gasteiger partial charge in [-0.05, 0) is 31.1 Å². The van der Waals surface area contributed by atoms with Gasteiger partial charge in [0, 0.05) is 6.54 Å². The van der Waals surface area contributed by atoms with Crippen molar-refractivity contribution in [1.82, 2.24) is 0 Å². The van der Waals surface area contributed by atoms with Gasteiger partial charge in [-0.15, -0.1) is 0 Å². The van der Waals surface area contributed by atoms with Crippen LogP contribution in [0.3, 0.4) is 0 Å². The topological polar surface area (TPSA) is 64.7 Å². The van der Waals surface area contributed by atoms with Gasteiger partial charge >= 0.3 is 0 Å². The number of nitrogens with two attached hydrogens (primary N) is 1. The molecule has 0 aromatic rings. The third kappa shape index (κ3) is 25.3. The van der Waals surface area contributed by atoms with Gasteiger partial charge in [0.25, 0.3) is 0 Å². The highest BCUT2D eigenvalue weighted by Gasteiger charge is 2.20. The zero-order chi connectivity index (χ0) is 26.0. The summed E-state index contributed by atoms with van der Waals surface area (Å²) in [5.41, 5.74) is 5.62. The Morgan fingerprint density at radius 2 is 1.06 bits per heavy atom. The molecule has 0 aliphatic rings. The Morgan fingerprint density at radius 3 is 1.54 bits per heavy atom. The van der Waals surface area contributed by atoms with Crippen LogP contribution in [0.5, 0.6) is 0 Å². The molecule has 3 N–H and O–H groups in total. The number of aliphatic hydroxyl groups is 1. The predicted molar refractivity (Wildman–Crippen MR) is 153 cm³/mol. The summed E-state index contributed by atoms with van der Waals surface area (Å²) in [6, 6.07) is 0. The van der Waals surface area contributed by atoms with E-state index in [1.807, 2.05) is 0 Å². The second-order valence-corrected chi connectivity index (χ2v) is 11.8. The van der Waals surface area contributed by atoms with Gasteiger partial charge in [-0.25, -0.2) is 9.78 Å². The van der Waals surface area contributed by atoms with E-state index in [0.29, 0.717) is 13.2 Å². The zero-order valence-electron chi connectivity index (χ0n) is 24.5. The lowest BCUT2D eigenvalue weighted by Gasteiger charge is -2.25. The molecule has 0 amide bonds. The first-order valence-corrected chi connectivity index (χ1v) is 15.6. The van der Waals surface area contributed by atoms with E-state index in [2.05, 4.69) is 27.7 Å². The van der Waals surface area contributed by atoms with Crippen LogP contribution < -0.4 is 5.73 Å². The van der Waals surface area contributed by atoms with Gasteiger partial charge in [0.15, 0.2) is 0 Å². The summed E-state index contributed by atoms with van der Waals surface area (Å²) in [4.78, 5) is 11.9. The van der Waals surface area contributed by atoms with Crippen molar-refractivity contribution in [2.45, 2.75) is 181 Å². The Labute approximate surface area is 220 Å². The van der Waals surface area contributed by atoms with Gasteiger partial charge in [0.05, 0.1) is 18.8 Å². The normalized spacial score (nSPS) is 13.1. The van der Waals surface area contributed by atoms with Crippen LogP contribution in [0.2, 0.25) is 0 Å². The molecule has 0 saturated heterocycles. The Bertz CT molecular complexity index is 400. The second-order valence-electron chi connectivity index (χ2n) is 11.8. The van der Waals surface area contributed by atoms with Crippen molar-refractivity contribution in [3.8, 4) is 0 Å². The van der Waals surface area contributed by atoms with Crippen molar-refractivity contribution in [3.63, 3.8) is 0 Å². The first kappa shape index (κ1) is 34.8. The van der Waals surface area contributed by atoms with Crippen molar-refractivity contribution >= 4 is 0 Å². The lowest BCUT2D eigenvalue weighted by atomic mass is 9.88. The molecule has 0 fully saturated rings. The molecule has 1 unspecified atom stereocenters. The molecule has 0 aromatic carbocycles. The largest absolute Gasteiger partial charge is 0.392 e.